The second-order valence-corrected chi connectivity index (χ2v) is 7.57. The summed E-state index contributed by atoms with van der Waals surface area (Å²) < 4.78 is 13.0. The normalized spacial score (nSPS) is 18.8. The van der Waals surface area contributed by atoms with Crippen LogP contribution in [0.3, 0.4) is 0 Å². The van der Waals surface area contributed by atoms with Gasteiger partial charge in [0.05, 0.1) is 26.4 Å². The van der Waals surface area contributed by atoms with E-state index in [0.717, 1.165) is 83.3 Å². The molecule has 2 aromatic rings. The topological polar surface area (TPSA) is 71.0 Å². The highest BCUT2D eigenvalue weighted by atomic mass is 16.5. The van der Waals surface area contributed by atoms with Crippen LogP contribution in [-0.4, -0.2) is 92.6 Å². The number of urea groups is 1. The lowest BCUT2D eigenvalue weighted by Gasteiger charge is -2.26. The van der Waals surface area contributed by atoms with Crippen LogP contribution in [0.2, 0.25) is 0 Å². The fraction of sp³-hybridized carbons (Fsp3) is 0.571. The largest absolute Gasteiger partial charge is 0.379 e. The molecule has 3 heterocycles. The molecule has 0 saturated carbocycles. The smallest absolute Gasteiger partial charge is 0.319 e. The fourth-order valence-corrected chi connectivity index (χ4v) is 3.87. The van der Waals surface area contributed by atoms with Crippen LogP contribution >= 0.6 is 0 Å². The molecule has 2 aliphatic rings. The molecule has 0 aliphatic carbocycles. The van der Waals surface area contributed by atoms with E-state index in [1.165, 1.54) is 5.52 Å². The zero-order chi connectivity index (χ0) is 19.9. The van der Waals surface area contributed by atoms with Crippen LogP contribution in [0.25, 0.3) is 10.9 Å². The molecule has 2 N–H and O–H groups in total. The molecular formula is C21H31N5O3. The number of nitrogens with one attached hydrogen (secondary N) is 2. The number of hydrogen-bond donors (Lipinski definition) is 2. The van der Waals surface area contributed by atoms with Gasteiger partial charge in [-0.2, -0.15) is 0 Å². The van der Waals surface area contributed by atoms with Crippen molar-refractivity contribution < 1.29 is 14.3 Å². The van der Waals surface area contributed by atoms with Gasteiger partial charge < -0.3 is 24.7 Å². The van der Waals surface area contributed by atoms with Crippen molar-refractivity contribution in [3.05, 3.63) is 30.5 Å². The third kappa shape index (κ3) is 5.70. The third-order valence-electron chi connectivity index (χ3n) is 5.61. The molecule has 8 heteroatoms. The molecule has 29 heavy (non-hydrogen) atoms. The van der Waals surface area contributed by atoms with Gasteiger partial charge in [-0.25, -0.2) is 4.79 Å². The molecular weight excluding hydrogens is 370 g/mol. The van der Waals surface area contributed by atoms with Crippen molar-refractivity contribution in [2.75, 3.05) is 77.6 Å². The maximum atomic E-state index is 12.2. The molecule has 0 unspecified atom stereocenters. The molecule has 2 fully saturated rings. The van der Waals surface area contributed by atoms with Gasteiger partial charge in [-0.05, 0) is 24.3 Å². The fourth-order valence-electron chi connectivity index (χ4n) is 3.87. The summed E-state index contributed by atoms with van der Waals surface area (Å²) >= 11 is 0. The zero-order valence-corrected chi connectivity index (χ0v) is 16.9. The van der Waals surface area contributed by atoms with E-state index in [1.807, 2.05) is 12.1 Å². The van der Waals surface area contributed by atoms with Crippen LogP contribution in [0.15, 0.2) is 30.5 Å². The average molecular weight is 402 g/mol. The van der Waals surface area contributed by atoms with Crippen LogP contribution in [0.5, 0.6) is 0 Å². The highest BCUT2D eigenvalue weighted by molar-refractivity contribution is 5.92. The number of benzene rings is 1. The standard InChI is InChI=1S/C21H31N5O3/c27-21(22-4-6-24-9-13-28-14-10-24)23-19-1-2-20-18(17-19)3-5-26(20)8-7-25-11-15-29-16-12-25/h1-3,5,17H,4,6-16H2,(H2,22,23,27). The Morgan fingerprint density at radius 3 is 2.31 bits per heavy atom. The minimum atomic E-state index is -0.163. The zero-order valence-electron chi connectivity index (χ0n) is 16.9. The van der Waals surface area contributed by atoms with E-state index in [0.29, 0.717) is 6.54 Å². The maximum Gasteiger partial charge on any atom is 0.319 e. The summed E-state index contributed by atoms with van der Waals surface area (Å²) in [7, 11) is 0. The molecule has 8 nitrogen and oxygen atoms in total. The first-order valence-corrected chi connectivity index (χ1v) is 10.5. The number of carbonyl (C=O) groups excluding carboxylic acids is 1. The van der Waals surface area contributed by atoms with Gasteiger partial charge in [-0.1, -0.05) is 0 Å². The molecule has 2 aliphatic heterocycles. The van der Waals surface area contributed by atoms with Crippen LogP contribution in [0.1, 0.15) is 0 Å². The monoisotopic (exact) mass is 401 g/mol. The Labute approximate surface area is 171 Å². The van der Waals surface area contributed by atoms with Gasteiger partial charge in [0.2, 0.25) is 0 Å². The highest BCUT2D eigenvalue weighted by Gasteiger charge is 2.12. The predicted molar refractivity (Wildman–Crippen MR) is 113 cm³/mol. The highest BCUT2D eigenvalue weighted by Crippen LogP contribution is 2.20. The summed E-state index contributed by atoms with van der Waals surface area (Å²) in [5.41, 5.74) is 2.00. The Balaban J connectivity index is 1.25. The number of anilines is 1. The molecule has 1 aromatic heterocycles. The summed E-state index contributed by atoms with van der Waals surface area (Å²) in [6.07, 6.45) is 2.12. The molecule has 158 valence electrons. The molecule has 0 radical (unpaired) electrons. The van der Waals surface area contributed by atoms with Crippen molar-refractivity contribution in [1.29, 1.82) is 0 Å². The first-order chi connectivity index (χ1) is 14.3. The van der Waals surface area contributed by atoms with E-state index >= 15 is 0 Å². The van der Waals surface area contributed by atoms with E-state index in [-0.39, 0.29) is 6.03 Å². The Morgan fingerprint density at radius 1 is 0.897 bits per heavy atom. The number of nitrogens with zero attached hydrogens (tertiary/aromatic N) is 3. The maximum absolute atomic E-state index is 12.2. The first kappa shape index (κ1) is 20.2. The number of carbonyl (C=O) groups is 1. The Hall–Kier alpha value is -2.13. The lowest BCUT2D eigenvalue weighted by molar-refractivity contribution is 0.0365. The van der Waals surface area contributed by atoms with Gasteiger partial charge in [0, 0.05) is 75.1 Å². The van der Waals surface area contributed by atoms with Gasteiger partial charge in [-0.15, -0.1) is 0 Å². The summed E-state index contributed by atoms with van der Waals surface area (Å²) in [6.45, 7) is 10.6. The van der Waals surface area contributed by atoms with E-state index < -0.39 is 0 Å². The molecule has 4 rings (SSSR count). The second kappa shape index (κ2) is 10.1. The van der Waals surface area contributed by atoms with Crippen molar-refractivity contribution in [1.82, 2.24) is 19.7 Å². The van der Waals surface area contributed by atoms with Crippen molar-refractivity contribution >= 4 is 22.6 Å². The minimum Gasteiger partial charge on any atom is -0.379 e. The molecule has 2 saturated heterocycles. The van der Waals surface area contributed by atoms with E-state index in [4.69, 9.17) is 9.47 Å². The van der Waals surface area contributed by atoms with Crippen molar-refractivity contribution in [2.24, 2.45) is 0 Å². The van der Waals surface area contributed by atoms with E-state index in [2.05, 4.69) is 43.3 Å². The number of hydrogen-bond acceptors (Lipinski definition) is 5. The van der Waals surface area contributed by atoms with Gasteiger partial charge in [0.25, 0.3) is 0 Å². The predicted octanol–water partition coefficient (Wildman–Crippen LogP) is 1.43. The number of fused-ring (bicyclic) bond motifs is 1. The quantitative estimate of drug-likeness (QED) is 0.735. The van der Waals surface area contributed by atoms with Gasteiger partial charge in [0.15, 0.2) is 0 Å². The number of aromatic nitrogens is 1. The van der Waals surface area contributed by atoms with Crippen LogP contribution in [-0.2, 0) is 16.0 Å². The molecule has 0 atom stereocenters. The van der Waals surface area contributed by atoms with E-state index in [9.17, 15) is 4.79 Å². The van der Waals surface area contributed by atoms with Crippen molar-refractivity contribution in [2.45, 2.75) is 6.54 Å². The minimum absolute atomic E-state index is 0.163. The molecule has 0 spiro atoms. The molecule has 2 amide bonds. The van der Waals surface area contributed by atoms with Crippen LogP contribution in [0, 0.1) is 0 Å². The van der Waals surface area contributed by atoms with Crippen molar-refractivity contribution in [3.63, 3.8) is 0 Å². The van der Waals surface area contributed by atoms with Crippen LogP contribution in [0.4, 0.5) is 10.5 Å². The number of morpholine rings is 2. The third-order valence-corrected chi connectivity index (χ3v) is 5.61. The summed E-state index contributed by atoms with van der Waals surface area (Å²) in [5, 5.41) is 7.01. The SMILES string of the molecule is O=C(NCCN1CCOCC1)Nc1ccc2c(ccn2CCN2CCOCC2)c1. The second-order valence-electron chi connectivity index (χ2n) is 7.57. The Bertz CT molecular complexity index is 797. The Morgan fingerprint density at radius 2 is 1.59 bits per heavy atom. The Kier molecular flexibility index (Phi) is 7.00. The molecule has 1 aromatic carbocycles. The van der Waals surface area contributed by atoms with E-state index in [1.54, 1.807) is 0 Å². The van der Waals surface area contributed by atoms with Gasteiger partial charge >= 0.3 is 6.03 Å². The summed E-state index contributed by atoms with van der Waals surface area (Å²) in [6, 6.07) is 8.02. The molecule has 0 bridgehead atoms. The van der Waals surface area contributed by atoms with Gasteiger partial charge in [0.1, 0.15) is 0 Å². The van der Waals surface area contributed by atoms with Crippen LogP contribution < -0.4 is 10.6 Å². The first-order valence-electron chi connectivity index (χ1n) is 10.5. The lowest BCUT2D eigenvalue weighted by atomic mass is 10.2. The summed E-state index contributed by atoms with van der Waals surface area (Å²) in [5.74, 6) is 0. The average Bonchev–Trinajstić information content (AvgIpc) is 3.16. The summed E-state index contributed by atoms with van der Waals surface area (Å²) in [4.78, 5) is 16.9. The lowest BCUT2D eigenvalue weighted by Crippen LogP contribution is -2.42. The number of amides is 2. The van der Waals surface area contributed by atoms with Gasteiger partial charge in [-0.3, -0.25) is 9.80 Å². The number of ether oxygens (including phenoxy) is 2. The van der Waals surface area contributed by atoms with Crippen molar-refractivity contribution in [3.8, 4) is 0 Å². The number of rotatable bonds is 7.